The monoisotopic (exact) mass is 279 g/mol. The van der Waals surface area contributed by atoms with Crippen LogP contribution in [0.5, 0.6) is 0 Å². The first-order valence-electron chi connectivity index (χ1n) is 6.07. The fourth-order valence-corrected chi connectivity index (χ4v) is 1.94. The molecule has 0 atom stereocenters. The molecule has 0 saturated heterocycles. The van der Waals surface area contributed by atoms with Crippen molar-refractivity contribution in [2.75, 3.05) is 19.0 Å². The quantitative estimate of drug-likeness (QED) is 0.599. The minimum absolute atomic E-state index is 0.425. The highest BCUT2D eigenvalue weighted by Crippen LogP contribution is 2.05. The van der Waals surface area contributed by atoms with E-state index in [2.05, 4.69) is 20.3 Å². The Morgan fingerprint density at radius 2 is 2.42 bits per heavy atom. The molecule has 0 amide bonds. The van der Waals surface area contributed by atoms with E-state index in [1.807, 2.05) is 23.2 Å². The van der Waals surface area contributed by atoms with E-state index >= 15 is 0 Å². The maximum absolute atomic E-state index is 5.11. The number of ether oxygens (including phenoxy) is 1. The van der Waals surface area contributed by atoms with Crippen molar-refractivity contribution in [1.29, 1.82) is 0 Å². The molecule has 0 aliphatic heterocycles. The van der Waals surface area contributed by atoms with Crippen LogP contribution in [0.15, 0.2) is 24.8 Å². The fourth-order valence-electron chi connectivity index (χ4n) is 1.71. The van der Waals surface area contributed by atoms with Crippen LogP contribution in [-0.2, 0) is 17.9 Å². The molecule has 0 saturated carbocycles. The molecule has 2 aromatic rings. The summed E-state index contributed by atoms with van der Waals surface area (Å²) in [5, 5.41) is 3.30. The first kappa shape index (κ1) is 13.7. The maximum Gasteiger partial charge on any atom is 0.135 e. The summed E-state index contributed by atoms with van der Waals surface area (Å²) in [6.07, 6.45) is 6.55. The van der Waals surface area contributed by atoms with Crippen molar-refractivity contribution in [3.8, 4) is 0 Å². The number of H-pyrrole nitrogens is 1. The normalized spacial score (nSPS) is 10.6. The lowest BCUT2D eigenvalue weighted by atomic mass is 10.4. The first-order valence-corrected chi connectivity index (χ1v) is 6.47. The van der Waals surface area contributed by atoms with Crippen molar-refractivity contribution < 1.29 is 4.74 Å². The summed E-state index contributed by atoms with van der Waals surface area (Å²) in [6.45, 7) is 2.21. The van der Waals surface area contributed by atoms with Gasteiger partial charge in [-0.25, -0.2) is 9.97 Å². The van der Waals surface area contributed by atoms with Crippen LogP contribution in [0.25, 0.3) is 0 Å². The van der Waals surface area contributed by atoms with Crippen LogP contribution < -0.4 is 5.32 Å². The van der Waals surface area contributed by atoms with E-state index in [0.717, 1.165) is 31.2 Å². The van der Waals surface area contributed by atoms with Gasteiger partial charge in [-0.05, 0) is 6.42 Å². The second-order valence-electron chi connectivity index (χ2n) is 4.09. The second-order valence-corrected chi connectivity index (χ2v) is 4.51. The molecule has 2 aromatic heterocycles. The maximum atomic E-state index is 5.11. The zero-order valence-electron chi connectivity index (χ0n) is 10.8. The molecule has 2 rings (SSSR count). The Balaban J connectivity index is 1.83. The van der Waals surface area contributed by atoms with Gasteiger partial charge in [0.25, 0.3) is 0 Å². The van der Waals surface area contributed by atoms with E-state index in [1.54, 1.807) is 13.3 Å². The summed E-state index contributed by atoms with van der Waals surface area (Å²) < 4.78 is 7.64. The first-order chi connectivity index (χ1) is 9.28. The smallest absolute Gasteiger partial charge is 0.135 e. The third-order valence-electron chi connectivity index (χ3n) is 2.54. The zero-order valence-corrected chi connectivity index (χ0v) is 11.6. The summed E-state index contributed by atoms with van der Waals surface area (Å²) in [6, 6.07) is 1.81. The van der Waals surface area contributed by atoms with Gasteiger partial charge in [-0.1, -0.05) is 12.2 Å². The van der Waals surface area contributed by atoms with E-state index in [9.17, 15) is 0 Å². The highest BCUT2D eigenvalue weighted by Gasteiger charge is 1.98. The summed E-state index contributed by atoms with van der Waals surface area (Å²) in [5.41, 5.74) is 0. The lowest BCUT2D eigenvalue weighted by Crippen LogP contribution is -2.08. The Hall–Kier alpha value is -1.73. The molecule has 0 aliphatic rings. The fraction of sp³-hybridized carbons (Fsp3) is 0.417. The molecule has 0 unspecified atom stereocenters. The zero-order chi connectivity index (χ0) is 13.5. The van der Waals surface area contributed by atoms with Crippen molar-refractivity contribution >= 4 is 18.0 Å². The standard InChI is InChI=1S/C12H17N5OS/c1-18-8-11-15-10(7-12(19)16-11)14-3-2-5-17-6-4-13-9-17/h4,6-7,9H,2-3,5,8H2,1H3,(H2,14,15,16,19). The Morgan fingerprint density at radius 1 is 1.53 bits per heavy atom. The van der Waals surface area contributed by atoms with Crippen molar-refractivity contribution in [1.82, 2.24) is 19.5 Å². The number of nitrogens with zero attached hydrogens (tertiary/aromatic N) is 3. The highest BCUT2D eigenvalue weighted by atomic mass is 32.1. The van der Waals surface area contributed by atoms with Gasteiger partial charge in [0.2, 0.25) is 0 Å². The van der Waals surface area contributed by atoms with Gasteiger partial charge in [0.1, 0.15) is 22.9 Å². The number of aromatic nitrogens is 4. The third-order valence-corrected chi connectivity index (χ3v) is 2.75. The lowest BCUT2D eigenvalue weighted by molar-refractivity contribution is 0.178. The molecule has 0 bridgehead atoms. The number of hydrogen-bond acceptors (Lipinski definition) is 5. The van der Waals surface area contributed by atoms with Crippen molar-refractivity contribution in [3.05, 3.63) is 35.3 Å². The van der Waals surface area contributed by atoms with Gasteiger partial charge >= 0.3 is 0 Å². The number of imidazole rings is 1. The van der Waals surface area contributed by atoms with Crippen molar-refractivity contribution in [2.45, 2.75) is 19.6 Å². The van der Waals surface area contributed by atoms with Gasteiger partial charge < -0.3 is 19.6 Å². The molecule has 7 heteroatoms. The minimum atomic E-state index is 0.425. The van der Waals surface area contributed by atoms with Crippen LogP contribution in [0.4, 0.5) is 5.82 Å². The predicted octanol–water partition coefficient (Wildman–Crippen LogP) is 1.98. The molecule has 0 aromatic carbocycles. The number of rotatable bonds is 7. The number of aromatic amines is 1. The number of hydrogen-bond donors (Lipinski definition) is 2. The Labute approximate surface area is 116 Å². The summed E-state index contributed by atoms with van der Waals surface area (Å²) in [5.74, 6) is 1.60. The van der Waals surface area contributed by atoms with Crippen LogP contribution in [0.2, 0.25) is 0 Å². The van der Waals surface area contributed by atoms with Crippen molar-refractivity contribution in [2.24, 2.45) is 0 Å². The van der Waals surface area contributed by atoms with Crippen LogP contribution in [0.1, 0.15) is 12.2 Å². The number of methoxy groups -OCH3 is 1. The highest BCUT2D eigenvalue weighted by molar-refractivity contribution is 7.71. The van der Waals surface area contributed by atoms with Crippen LogP contribution in [0, 0.1) is 4.64 Å². The average molecular weight is 279 g/mol. The van der Waals surface area contributed by atoms with E-state index in [4.69, 9.17) is 17.0 Å². The molecule has 102 valence electrons. The molecule has 0 fully saturated rings. The Morgan fingerprint density at radius 3 is 3.16 bits per heavy atom. The van der Waals surface area contributed by atoms with Gasteiger partial charge in [0, 0.05) is 38.7 Å². The third kappa shape index (κ3) is 4.46. The molecular formula is C12H17N5OS. The summed E-state index contributed by atoms with van der Waals surface area (Å²) in [7, 11) is 1.63. The average Bonchev–Trinajstić information content (AvgIpc) is 2.87. The molecule has 6 nitrogen and oxygen atoms in total. The Kier molecular flexibility index (Phi) is 5.05. The van der Waals surface area contributed by atoms with Gasteiger partial charge in [-0.15, -0.1) is 0 Å². The van der Waals surface area contributed by atoms with Crippen LogP contribution in [-0.4, -0.2) is 33.2 Å². The predicted molar refractivity (Wildman–Crippen MR) is 75.5 cm³/mol. The molecule has 2 heterocycles. The van der Waals surface area contributed by atoms with Gasteiger partial charge in [-0.3, -0.25) is 0 Å². The minimum Gasteiger partial charge on any atom is -0.377 e. The molecule has 0 spiro atoms. The van der Waals surface area contributed by atoms with Gasteiger partial charge in [0.15, 0.2) is 0 Å². The second kappa shape index (κ2) is 7.01. The van der Waals surface area contributed by atoms with Gasteiger partial charge in [0.05, 0.1) is 6.33 Å². The van der Waals surface area contributed by atoms with Gasteiger partial charge in [-0.2, -0.15) is 0 Å². The molecule has 0 aliphatic carbocycles. The van der Waals surface area contributed by atoms with Crippen LogP contribution in [0.3, 0.4) is 0 Å². The van der Waals surface area contributed by atoms with E-state index in [1.165, 1.54) is 0 Å². The number of aryl methyl sites for hydroxylation is 1. The van der Waals surface area contributed by atoms with Crippen molar-refractivity contribution in [3.63, 3.8) is 0 Å². The summed E-state index contributed by atoms with van der Waals surface area (Å²) >= 11 is 5.11. The molecule has 0 radical (unpaired) electrons. The van der Waals surface area contributed by atoms with E-state index < -0.39 is 0 Å². The molecule has 2 N–H and O–H groups in total. The number of anilines is 1. The molecular weight excluding hydrogens is 262 g/mol. The lowest BCUT2D eigenvalue weighted by Gasteiger charge is -2.08. The topological polar surface area (TPSA) is 67.8 Å². The van der Waals surface area contributed by atoms with E-state index in [-0.39, 0.29) is 0 Å². The Bertz CT molecular complexity index is 551. The van der Waals surface area contributed by atoms with Crippen LogP contribution >= 0.6 is 12.2 Å². The SMILES string of the molecule is COCc1nc(=S)cc(NCCCn2ccnc2)[nH]1. The molecule has 19 heavy (non-hydrogen) atoms. The van der Waals surface area contributed by atoms with E-state index in [0.29, 0.717) is 11.2 Å². The largest absolute Gasteiger partial charge is 0.377 e. The number of nitrogens with one attached hydrogen (secondary N) is 2. The summed E-state index contributed by atoms with van der Waals surface area (Å²) in [4.78, 5) is 11.3.